The lowest BCUT2D eigenvalue weighted by Gasteiger charge is -2.34. The van der Waals surface area contributed by atoms with E-state index in [4.69, 9.17) is 0 Å². The molecule has 1 heterocycles. The summed E-state index contributed by atoms with van der Waals surface area (Å²) >= 11 is 0. The Kier molecular flexibility index (Phi) is 7.51. The highest BCUT2D eigenvalue weighted by Gasteiger charge is 2.25. The van der Waals surface area contributed by atoms with Crippen LogP contribution in [-0.2, 0) is 16.0 Å². The summed E-state index contributed by atoms with van der Waals surface area (Å²) in [6.45, 7) is 5.87. The molecule has 0 saturated carbocycles. The molecule has 8 heteroatoms. The van der Waals surface area contributed by atoms with Gasteiger partial charge in [0.15, 0.2) is 0 Å². The highest BCUT2D eigenvalue weighted by Crippen LogP contribution is 2.21. The number of nitrogens with one attached hydrogen (secondary N) is 1. The van der Waals surface area contributed by atoms with Crippen molar-refractivity contribution in [3.8, 4) is 5.75 Å². The maximum Gasteiger partial charge on any atom is 0.259 e. The lowest BCUT2D eigenvalue weighted by molar-refractivity contribution is -0.140. The number of carbonyl (C=O) groups is 2. The summed E-state index contributed by atoms with van der Waals surface area (Å²) in [5, 5.41) is 14.0. The van der Waals surface area contributed by atoms with E-state index >= 15 is 0 Å². The van der Waals surface area contributed by atoms with Crippen molar-refractivity contribution in [3.63, 3.8) is 0 Å². The minimum Gasteiger partial charge on any atom is -0.507 e. The van der Waals surface area contributed by atoms with Gasteiger partial charge >= 0.3 is 0 Å². The van der Waals surface area contributed by atoms with Crippen molar-refractivity contribution in [2.24, 2.45) is 5.10 Å². The summed E-state index contributed by atoms with van der Waals surface area (Å²) < 4.78 is 0. The molecule has 1 saturated heterocycles. The first-order valence-corrected chi connectivity index (χ1v) is 8.79. The molecule has 2 rings (SSSR count). The predicted molar refractivity (Wildman–Crippen MR) is 104 cm³/mol. The molecule has 2 amide bonds. The van der Waals surface area contributed by atoms with Crippen LogP contribution in [0.5, 0.6) is 5.75 Å². The molecule has 8 nitrogen and oxygen atoms in total. The second-order valence-corrected chi connectivity index (χ2v) is 6.73. The standard InChI is InChI=1S/C19H27N5O3/c1-4-6-15-7-5-8-16(19(15)27)11-20-21-17(25)12-24-10-9-23(13-18(24)26)14-22(2)3/h4-5,7-8,11,27H,1,6,9-10,12-14H2,2-3H3,(H,21,25)/b20-11+. The molecule has 0 unspecified atom stereocenters. The zero-order valence-corrected chi connectivity index (χ0v) is 15.9. The summed E-state index contributed by atoms with van der Waals surface area (Å²) in [5.74, 6) is -0.331. The number of allylic oxidation sites excluding steroid dienone is 1. The third-order valence-corrected chi connectivity index (χ3v) is 4.12. The van der Waals surface area contributed by atoms with E-state index in [1.54, 1.807) is 24.3 Å². The maximum atomic E-state index is 12.2. The van der Waals surface area contributed by atoms with Crippen molar-refractivity contribution in [2.75, 3.05) is 46.9 Å². The van der Waals surface area contributed by atoms with Gasteiger partial charge in [0.2, 0.25) is 5.91 Å². The molecule has 2 N–H and O–H groups in total. The molecule has 146 valence electrons. The van der Waals surface area contributed by atoms with Gasteiger partial charge in [-0.05, 0) is 32.1 Å². The van der Waals surface area contributed by atoms with Crippen LogP contribution < -0.4 is 5.43 Å². The van der Waals surface area contributed by atoms with Gasteiger partial charge in [0.1, 0.15) is 12.3 Å². The van der Waals surface area contributed by atoms with Crippen LogP contribution >= 0.6 is 0 Å². The highest BCUT2D eigenvalue weighted by atomic mass is 16.3. The molecule has 0 spiro atoms. The van der Waals surface area contributed by atoms with Gasteiger partial charge in [-0.3, -0.25) is 19.4 Å². The number of nitrogens with zero attached hydrogens (tertiary/aromatic N) is 4. The average Bonchev–Trinajstić information content (AvgIpc) is 2.60. The van der Waals surface area contributed by atoms with Crippen LogP contribution in [0.1, 0.15) is 11.1 Å². The first-order chi connectivity index (χ1) is 12.9. The van der Waals surface area contributed by atoms with Crippen molar-refractivity contribution < 1.29 is 14.7 Å². The fraction of sp³-hybridized carbons (Fsp3) is 0.421. The van der Waals surface area contributed by atoms with Crippen molar-refractivity contribution in [2.45, 2.75) is 6.42 Å². The topological polar surface area (TPSA) is 88.5 Å². The Morgan fingerprint density at radius 1 is 1.41 bits per heavy atom. The number of benzene rings is 1. The minimum atomic E-state index is -0.373. The highest BCUT2D eigenvalue weighted by molar-refractivity contribution is 5.88. The number of rotatable bonds is 8. The van der Waals surface area contributed by atoms with E-state index in [-0.39, 0.29) is 24.1 Å². The number of phenols is 1. The molecule has 1 aromatic rings. The number of hydrazone groups is 1. The smallest absolute Gasteiger partial charge is 0.259 e. The third-order valence-electron chi connectivity index (χ3n) is 4.12. The fourth-order valence-corrected chi connectivity index (χ4v) is 2.86. The van der Waals surface area contributed by atoms with Crippen LogP contribution in [0.2, 0.25) is 0 Å². The predicted octanol–water partition coefficient (Wildman–Crippen LogP) is 0.234. The van der Waals surface area contributed by atoms with Crippen LogP contribution in [-0.4, -0.2) is 84.8 Å². The van der Waals surface area contributed by atoms with Crippen molar-refractivity contribution >= 4 is 18.0 Å². The summed E-state index contributed by atoms with van der Waals surface area (Å²) in [5.41, 5.74) is 3.64. The van der Waals surface area contributed by atoms with Crippen molar-refractivity contribution in [1.82, 2.24) is 20.1 Å². The molecule has 0 radical (unpaired) electrons. The second-order valence-electron chi connectivity index (χ2n) is 6.73. The molecule has 0 aliphatic carbocycles. The third kappa shape index (κ3) is 6.19. The number of aromatic hydroxyl groups is 1. The lowest BCUT2D eigenvalue weighted by atomic mass is 10.1. The molecular formula is C19H27N5O3. The first kappa shape index (κ1) is 20.6. The monoisotopic (exact) mass is 373 g/mol. The summed E-state index contributed by atoms with van der Waals surface area (Å²) in [6.07, 6.45) is 3.63. The molecule has 0 aromatic heterocycles. The number of phenolic OH excluding ortho intramolecular Hbond substituents is 1. The number of hydrogen-bond acceptors (Lipinski definition) is 6. The maximum absolute atomic E-state index is 12.2. The SMILES string of the molecule is C=CCc1cccc(/C=N/NC(=O)CN2CCN(CN(C)C)CC2=O)c1O. The largest absolute Gasteiger partial charge is 0.507 e. The Morgan fingerprint density at radius 2 is 2.19 bits per heavy atom. The Bertz CT molecular complexity index is 717. The van der Waals surface area contributed by atoms with E-state index in [0.717, 1.165) is 12.1 Å². The van der Waals surface area contributed by atoms with Gasteiger partial charge in [-0.15, -0.1) is 6.58 Å². The van der Waals surface area contributed by atoms with Crippen LogP contribution in [0.3, 0.4) is 0 Å². The summed E-state index contributed by atoms with van der Waals surface area (Å²) in [6, 6.07) is 5.30. The van der Waals surface area contributed by atoms with Crippen molar-refractivity contribution in [1.29, 1.82) is 0 Å². The summed E-state index contributed by atoms with van der Waals surface area (Å²) in [7, 11) is 3.90. The Labute approximate surface area is 159 Å². The molecule has 0 atom stereocenters. The van der Waals surface area contributed by atoms with Gasteiger partial charge < -0.3 is 10.0 Å². The zero-order chi connectivity index (χ0) is 19.8. The molecule has 1 aliphatic heterocycles. The quantitative estimate of drug-likeness (QED) is 0.387. The number of amides is 2. The van der Waals surface area contributed by atoms with Crippen LogP contribution in [0.4, 0.5) is 0 Å². The first-order valence-electron chi connectivity index (χ1n) is 8.79. The normalized spacial score (nSPS) is 15.5. The summed E-state index contributed by atoms with van der Waals surface area (Å²) in [4.78, 5) is 29.8. The van der Waals surface area contributed by atoms with E-state index in [1.807, 2.05) is 23.9 Å². The molecule has 1 aliphatic rings. The molecule has 0 bridgehead atoms. The van der Waals surface area contributed by atoms with Gasteiger partial charge in [0, 0.05) is 18.7 Å². The number of piperazine rings is 1. The van der Waals surface area contributed by atoms with E-state index in [2.05, 4.69) is 17.1 Å². The van der Waals surface area contributed by atoms with E-state index in [9.17, 15) is 14.7 Å². The average molecular weight is 373 g/mol. The second kappa shape index (κ2) is 9.84. The molecule has 1 fully saturated rings. The number of hydrogen-bond donors (Lipinski definition) is 2. The Balaban J connectivity index is 1.84. The number of carbonyl (C=O) groups excluding carboxylic acids is 2. The van der Waals surface area contributed by atoms with Crippen molar-refractivity contribution in [3.05, 3.63) is 42.0 Å². The minimum absolute atomic E-state index is 0.0333. The Morgan fingerprint density at radius 3 is 2.85 bits per heavy atom. The number of para-hydroxylation sites is 1. The van der Waals surface area contributed by atoms with Gasteiger partial charge in [0.05, 0.1) is 19.4 Å². The van der Waals surface area contributed by atoms with Crippen LogP contribution in [0.25, 0.3) is 0 Å². The lowest BCUT2D eigenvalue weighted by Crippen LogP contribution is -2.54. The van der Waals surface area contributed by atoms with E-state index < -0.39 is 0 Å². The Hall–Kier alpha value is -2.71. The molecule has 27 heavy (non-hydrogen) atoms. The fourth-order valence-electron chi connectivity index (χ4n) is 2.86. The van der Waals surface area contributed by atoms with Gasteiger partial charge in [0.25, 0.3) is 5.91 Å². The van der Waals surface area contributed by atoms with E-state index in [1.165, 1.54) is 11.1 Å². The molecular weight excluding hydrogens is 346 g/mol. The van der Waals surface area contributed by atoms with E-state index in [0.29, 0.717) is 31.7 Å². The van der Waals surface area contributed by atoms with Gasteiger partial charge in [-0.2, -0.15) is 5.10 Å². The zero-order valence-electron chi connectivity index (χ0n) is 15.9. The van der Waals surface area contributed by atoms with Crippen LogP contribution in [0, 0.1) is 0 Å². The van der Waals surface area contributed by atoms with Crippen LogP contribution in [0.15, 0.2) is 36.0 Å². The van der Waals surface area contributed by atoms with Gasteiger partial charge in [-0.1, -0.05) is 18.2 Å². The van der Waals surface area contributed by atoms with Gasteiger partial charge in [-0.25, -0.2) is 5.43 Å². The molecule has 1 aromatic carbocycles.